The SMILES string of the molecule is CC(C)N1CC(C2CCCC2)c2c(N)ncnc21. The van der Waals surface area contributed by atoms with Crippen LogP contribution in [0.1, 0.15) is 51.0 Å². The van der Waals surface area contributed by atoms with Gasteiger partial charge in [0, 0.05) is 24.1 Å². The molecule has 4 heteroatoms. The van der Waals surface area contributed by atoms with Crippen LogP contribution in [-0.2, 0) is 0 Å². The van der Waals surface area contributed by atoms with Gasteiger partial charge in [-0.25, -0.2) is 9.97 Å². The number of anilines is 2. The maximum atomic E-state index is 6.11. The monoisotopic (exact) mass is 246 g/mol. The number of aromatic nitrogens is 2. The summed E-state index contributed by atoms with van der Waals surface area (Å²) in [6.45, 7) is 5.51. The summed E-state index contributed by atoms with van der Waals surface area (Å²) in [7, 11) is 0. The van der Waals surface area contributed by atoms with Gasteiger partial charge in [0.25, 0.3) is 0 Å². The third-order valence-corrected chi connectivity index (χ3v) is 4.52. The fourth-order valence-corrected chi connectivity index (χ4v) is 3.57. The molecule has 1 fully saturated rings. The molecule has 0 amide bonds. The van der Waals surface area contributed by atoms with Crippen molar-refractivity contribution in [1.82, 2.24) is 9.97 Å². The highest BCUT2D eigenvalue weighted by molar-refractivity contribution is 5.63. The molecule has 1 aliphatic carbocycles. The molecule has 2 aliphatic rings. The Morgan fingerprint density at radius 2 is 2.00 bits per heavy atom. The number of nitrogen functional groups attached to an aromatic ring is 1. The molecule has 1 aromatic heterocycles. The van der Waals surface area contributed by atoms with E-state index in [-0.39, 0.29) is 0 Å². The summed E-state index contributed by atoms with van der Waals surface area (Å²) >= 11 is 0. The first-order chi connectivity index (χ1) is 8.68. The standard InChI is InChI=1S/C14H22N4/c1-9(2)18-7-11(10-5-3-4-6-10)12-13(15)16-8-17-14(12)18/h8-11H,3-7H2,1-2H3,(H2,15,16,17). The quantitative estimate of drug-likeness (QED) is 0.871. The second-order valence-electron chi connectivity index (χ2n) is 5.89. The van der Waals surface area contributed by atoms with Crippen molar-refractivity contribution < 1.29 is 0 Å². The lowest BCUT2D eigenvalue weighted by atomic mass is 9.87. The van der Waals surface area contributed by atoms with Gasteiger partial charge in [-0.1, -0.05) is 12.8 Å². The molecule has 3 rings (SSSR count). The largest absolute Gasteiger partial charge is 0.383 e. The summed E-state index contributed by atoms with van der Waals surface area (Å²) < 4.78 is 0. The van der Waals surface area contributed by atoms with Crippen LogP contribution in [0.5, 0.6) is 0 Å². The van der Waals surface area contributed by atoms with Gasteiger partial charge in [0.15, 0.2) is 0 Å². The highest BCUT2D eigenvalue weighted by atomic mass is 15.2. The Hall–Kier alpha value is -1.32. The van der Waals surface area contributed by atoms with Crippen LogP contribution in [0.2, 0.25) is 0 Å². The molecular weight excluding hydrogens is 224 g/mol. The topological polar surface area (TPSA) is 55.0 Å². The Kier molecular flexibility index (Phi) is 2.88. The summed E-state index contributed by atoms with van der Waals surface area (Å²) in [6.07, 6.45) is 7.01. The van der Waals surface area contributed by atoms with Crippen molar-refractivity contribution >= 4 is 11.6 Å². The average molecular weight is 246 g/mol. The predicted molar refractivity (Wildman–Crippen MR) is 73.6 cm³/mol. The number of hydrogen-bond acceptors (Lipinski definition) is 4. The molecule has 0 radical (unpaired) electrons. The Balaban J connectivity index is 2.00. The Morgan fingerprint density at radius 1 is 1.28 bits per heavy atom. The molecule has 18 heavy (non-hydrogen) atoms. The van der Waals surface area contributed by atoms with Gasteiger partial charge in [-0.05, 0) is 32.6 Å². The van der Waals surface area contributed by atoms with Crippen molar-refractivity contribution in [2.24, 2.45) is 5.92 Å². The van der Waals surface area contributed by atoms with Crippen molar-refractivity contribution in [3.8, 4) is 0 Å². The van der Waals surface area contributed by atoms with E-state index in [9.17, 15) is 0 Å². The van der Waals surface area contributed by atoms with E-state index in [1.54, 1.807) is 6.33 Å². The number of fused-ring (bicyclic) bond motifs is 1. The molecule has 1 aliphatic heterocycles. The van der Waals surface area contributed by atoms with E-state index < -0.39 is 0 Å². The molecule has 0 bridgehead atoms. The Labute approximate surface area is 109 Å². The van der Waals surface area contributed by atoms with E-state index >= 15 is 0 Å². The van der Waals surface area contributed by atoms with Gasteiger partial charge in [-0.2, -0.15) is 0 Å². The molecule has 2 heterocycles. The molecular formula is C14H22N4. The Morgan fingerprint density at radius 3 is 2.67 bits per heavy atom. The summed E-state index contributed by atoms with van der Waals surface area (Å²) in [6, 6.07) is 0.476. The van der Waals surface area contributed by atoms with Crippen molar-refractivity contribution in [3.63, 3.8) is 0 Å². The Bertz CT molecular complexity index is 437. The lowest BCUT2D eigenvalue weighted by molar-refractivity contribution is 0.443. The van der Waals surface area contributed by atoms with Crippen molar-refractivity contribution in [3.05, 3.63) is 11.9 Å². The van der Waals surface area contributed by atoms with Gasteiger partial charge >= 0.3 is 0 Å². The van der Waals surface area contributed by atoms with Crippen LogP contribution < -0.4 is 10.6 Å². The zero-order valence-electron chi connectivity index (χ0n) is 11.3. The molecule has 1 atom stereocenters. The first kappa shape index (κ1) is 11.8. The summed E-state index contributed by atoms with van der Waals surface area (Å²) in [5, 5.41) is 0. The van der Waals surface area contributed by atoms with Crippen LogP contribution in [0.3, 0.4) is 0 Å². The predicted octanol–water partition coefficient (Wildman–Crippen LogP) is 2.56. The lowest BCUT2D eigenvalue weighted by Crippen LogP contribution is -2.31. The summed E-state index contributed by atoms with van der Waals surface area (Å²) in [5.74, 6) is 3.10. The van der Waals surface area contributed by atoms with E-state index in [1.165, 1.54) is 31.2 Å². The first-order valence-electron chi connectivity index (χ1n) is 7.05. The van der Waals surface area contributed by atoms with Gasteiger partial charge in [0.1, 0.15) is 18.0 Å². The molecule has 2 N–H and O–H groups in total. The van der Waals surface area contributed by atoms with Gasteiger partial charge in [0.2, 0.25) is 0 Å². The maximum absolute atomic E-state index is 6.11. The van der Waals surface area contributed by atoms with Crippen LogP contribution in [0.25, 0.3) is 0 Å². The summed E-state index contributed by atoms with van der Waals surface area (Å²) in [5.41, 5.74) is 7.33. The van der Waals surface area contributed by atoms with Crippen LogP contribution >= 0.6 is 0 Å². The normalized spacial score (nSPS) is 23.9. The average Bonchev–Trinajstić information content (AvgIpc) is 2.95. The highest BCUT2D eigenvalue weighted by Gasteiger charge is 2.38. The zero-order chi connectivity index (χ0) is 12.7. The molecule has 0 spiro atoms. The third-order valence-electron chi connectivity index (χ3n) is 4.52. The molecule has 1 saturated carbocycles. The van der Waals surface area contributed by atoms with E-state index in [4.69, 9.17) is 5.73 Å². The molecule has 4 nitrogen and oxygen atoms in total. The van der Waals surface area contributed by atoms with Crippen LogP contribution in [-0.4, -0.2) is 22.6 Å². The van der Waals surface area contributed by atoms with Crippen molar-refractivity contribution in [2.75, 3.05) is 17.2 Å². The van der Waals surface area contributed by atoms with Crippen LogP contribution in [0.15, 0.2) is 6.33 Å². The number of hydrogen-bond donors (Lipinski definition) is 1. The van der Waals surface area contributed by atoms with Crippen LogP contribution in [0.4, 0.5) is 11.6 Å². The zero-order valence-corrected chi connectivity index (χ0v) is 11.3. The number of rotatable bonds is 2. The van der Waals surface area contributed by atoms with E-state index in [2.05, 4.69) is 28.7 Å². The van der Waals surface area contributed by atoms with Crippen molar-refractivity contribution in [1.29, 1.82) is 0 Å². The molecule has 0 saturated heterocycles. The van der Waals surface area contributed by atoms with Crippen molar-refractivity contribution in [2.45, 2.75) is 51.5 Å². The minimum atomic E-state index is 0.476. The smallest absolute Gasteiger partial charge is 0.137 e. The molecule has 1 aromatic rings. The second-order valence-corrected chi connectivity index (χ2v) is 5.89. The van der Waals surface area contributed by atoms with Gasteiger partial charge in [-0.3, -0.25) is 0 Å². The number of nitrogens with zero attached hydrogens (tertiary/aromatic N) is 3. The van der Waals surface area contributed by atoms with Crippen LogP contribution in [0, 0.1) is 5.92 Å². The summed E-state index contributed by atoms with van der Waals surface area (Å²) in [4.78, 5) is 11.1. The number of nitrogens with two attached hydrogens (primary N) is 1. The fourth-order valence-electron chi connectivity index (χ4n) is 3.57. The highest BCUT2D eigenvalue weighted by Crippen LogP contribution is 2.47. The van der Waals surface area contributed by atoms with E-state index in [0.717, 1.165) is 18.3 Å². The minimum absolute atomic E-state index is 0.476. The molecule has 98 valence electrons. The molecule has 0 aromatic carbocycles. The maximum Gasteiger partial charge on any atom is 0.137 e. The van der Waals surface area contributed by atoms with E-state index in [0.29, 0.717) is 17.8 Å². The molecule has 1 unspecified atom stereocenters. The van der Waals surface area contributed by atoms with E-state index in [1.807, 2.05) is 0 Å². The van der Waals surface area contributed by atoms with Gasteiger partial charge in [-0.15, -0.1) is 0 Å². The third kappa shape index (κ3) is 1.74. The van der Waals surface area contributed by atoms with Gasteiger partial charge in [0.05, 0.1) is 0 Å². The second kappa shape index (κ2) is 4.41. The minimum Gasteiger partial charge on any atom is -0.383 e. The first-order valence-corrected chi connectivity index (χ1v) is 7.05. The van der Waals surface area contributed by atoms with Gasteiger partial charge < -0.3 is 10.6 Å². The lowest BCUT2D eigenvalue weighted by Gasteiger charge is -2.24. The fraction of sp³-hybridized carbons (Fsp3) is 0.714.